The minimum Gasteiger partial charge on any atom is -0.481 e. The van der Waals surface area contributed by atoms with Crippen molar-refractivity contribution in [2.24, 2.45) is 0 Å². The third-order valence-corrected chi connectivity index (χ3v) is 2.78. The van der Waals surface area contributed by atoms with Gasteiger partial charge in [-0.15, -0.1) is 0 Å². The molecule has 2 aromatic heterocycles. The van der Waals surface area contributed by atoms with Crippen molar-refractivity contribution < 1.29 is 14.2 Å². The van der Waals surface area contributed by atoms with Crippen LogP contribution in [0, 0.1) is 13.8 Å². The van der Waals surface area contributed by atoms with Gasteiger partial charge >= 0.3 is 6.01 Å². The molecular formula is C15H23N5O3. The quantitative estimate of drug-likeness (QED) is 0.841. The number of methoxy groups -OCH3 is 3. The van der Waals surface area contributed by atoms with Crippen molar-refractivity contribution in [2.75, 3.05) is 40.3 Å². The number of ether oxygens (including phenoxy) is 3. The number of anilines is 1. The van der Waals surface area contributed by atoms with E-state index < -0.39 is 0 Å². The minimum atomic E-state index is 0.326. The van der Waals surface area contributed by atoms with E-state index in [1.807, 2.05) is 32.8 Å². The second-order valence-corrected chi connectivity index (χ2v) is 4.81. The summed E-state index contributed by atoms with van der Waals surface area (Å²) in [7, 11) is 8.47. The highest BCUT2D eigenvalue weighted by Gasteiger charge is 2.04. The summed E-state index contributed by atoms with van der Waals surface area (Å²) in [6, 6.07) is 0.326. The minimum absolute atomic E-state index is 0.326. The van der Waals surface area contributed by atoms with E-state index >= 15 is 0 Å². The molecule has 126 valence electrons. The van der Waals surface area contributed by atoms with E-state index in [-0.39, 0.29) is 0 Å². The Balaban J connectivity index is 0.000000231. The molecule has 0 amide bonds. The van der Waals surface area contributed by atoms with Crippen LogP contribution in [0.15, 0.2) is 12.4 Å². The molecule has 0 fully saturated rings. The molecule has 0 aliphatic heterocycles. The highest BCUT2D eigenvalue weighted by Crippen LogP contribution is 2.15. The van der Waals surface area contributed by atoms with Gasteiger partial charge in [-0.05, 0) is 13.8 Å². The second kappa shape index (κ2) is 8.72. The molecule has 0 saturated carbocycles. The monoisotopic (exact) mass is 321 g/mol. The fraction of sp³-hybridized carbons (Fsp3) is 0.467. The summed E-state index contributed by atoms with van der Waals surface area (Å²) in [6.45, 7) is 3.79. The lowest BCUT2D eigenvalue weighted by Crippen LogP contribution is -2.13. The van der Waals surface area contributed by atoms with E-state index in [2.05, 4.69) is 19.9 Å². The van der Waals surface area contributed by atoms with Crippen molar-refractivity contribution in [2.45, 2.75) is 13.8 Å². The van der Waals surface area contributed by atoms with Crippen LogP contribution in [0.5, 0.6) is 17.8 Å². The van der Waals surface area contributed by atoms with Gasteiger partial charge in [0.25, 0.3) is 0 Å². The Morgan fingerprint density at radius 3 is 1.78 bits per heavy atom. The maximum absolute atomic E-state index is 5.06. The van der Waals surface area contributed by atoms with Crippen molar-refractivity contribution in [3.05, 3.63) is 23.5 Å². The highest BCUT2D eigenvalue weighted by atomic mass is 16.5. The largest absolute Gasteiger partial charge is 0.481 e. The van der Waals surface area contributed by atoms with Crippen LogP contribution in [0.3, 0.4) is 0 Å². The molecule has 0 N–H and O–H groups in total. The molecule has 0 aliphatic rings. The van der Waals surface area contributed by atoms with Gasteiger partial charge < -0.3 is 19.1 Å². The van der Waals surface area contributed by atoms with Gasteiger partial charge in [-0.25, -0.2) is 9.97 Å². The van der Waals surface area contributed by atoms with Crippen LogP contribution in [-0.2, 0) is 0 Å². The average molecular weight is 321 g/mol. The van der Waals surface area contributed by atoms with Crippen molar-refractivity contribution in [3.63, 3.8) is 0 Å². The molecule has 0 atom stereocenters. The number of aromatic nitrogens is 4. The molecule has 0 unspecified atom stereocenters. The number of aryl methyl sites for hydroxylation is 2. The summed E-state index contributed by atoms with van der Waals surface area (Å²) in [5.74, 6) is 1.85. The zero-order chi connectivity index (χ0) is 17.4. The predicted molar refractivity (Wildman–Crippen MR) is 87.5 cm³/mol. The summed E-state index contributed by atoms with van der Waals surface area (Å²) < 4.78 is 14.8. The smallest absolute Gasteiger partial charge is 0.319 e. The van der Waals surface area contributed by atoms with E-state index in [9.17, 15) is 0 Å². The van der Waals surface area contributed by atoms with E-state index in [1.165, 1.54) is 7.11 Å². The Morgan fingerprint density at radius 2 is 1.30 bits per heavy atom. The summed E-state index contributed by atoms with van der Waals surface area (Å²) in [5, 5.41) is 0. The lowest BCUT2D eigenvalue weighted by molar-refractivity contribution is 0.350. The first kappa shape index (κ1) is 18.4. The molecule has 23 heavy (non-hydrogen) atoms. The highest BCUT2D eigenvalue weighted by molar-refractivity contribution is 5.33. The molecule has 2 aromatic rings. The van der Waals surface area contributed by atoms with Gasteiger partial charge in [0.1, 0.15) is 0 Å². The lowest BCUT2D eigenvalue weighted by atomic mass is 10.4. The molecule has 8 heteroatoms. The molecule has 8 nitrogen and oxygen atoms in total. The predicted octanol–water partition coefficient (Wildman–Crippen LogP) is 1.66. The number of hydrogen-bond acceptors (Lipinski definition) is 8. The van der Waals surface area contributed by atoms with E-state index in [0.717, 1.165) is 11.1 Å². The number of nitrogens with zero attached hydrogens (tertiary/aromatic N) is 5. The maximum Gasteiger partial charge on any atom is 0.319 e. The summed E-state index contributed by atoms with van der Waals surface area (Å²) in [6.07, 6.45) is 3.41. The van der Waals surface area contributed by atoms with Gasteiger partial charge in [0, 0.05) is 37.6 Å². The first-order chi connectivity index (χ1) is 10.9. The van der Waals surface area contributed by atoms with Crippen LogP contribution < -0.4 is 19.1 Å². The van der Waals surface area contributed by atoms with Gasteiger partial charge in [0.15, 0.2) is 0 Å². The molecule has 2 heterocycles. The molecule has 0 aliphatic carbocycles. The Kier molecular flexibility index (Phi) is 6.98. The Labute approximate surface area is 136 Å². The normalized spacial score (nSPS) is 9.52. The van der Waals surface area contributed by atoms with E-state index in [0.29, 0.717) is 23.7 Å². The summed E-state index contributed by atoms with van der Waals surface area (Å²) in [5.41, 5.74) is 1.84. The number of rotatable bonds is 4. The van der Waals surface area contributed by atoms with E-state index in [1.54, 1.807) is 26.6 Å². The third kappa shape index (κ3) is 5.24. The van der Waals surface area contributed by atoms with Crippen LogP contribution >= 0.6 is 0 Å². The van der Waals surface area contributed by atoms with Gasteiger partial charge in [-0.1, -0.05) is 0 Å². The molecule has 0 aromatic carbocycles. The van der Waals surface area contributed by atoms with Crippen LogP contribution in [0.2, 0.25) is 0 Å². The maximum atomic E-state index is 5.06. The first-order valence-corrected chi connectivity index (χ1v) is 6.89. The van der Waals surface area contributed by atoms with Crippen molar-refractivity contribution in [3.8, 4) is 17.8 Å². The average Bonchev–Trinajstić information content (AvgIpc) is 2.56. The Morgan fingerprint density at radius 1 is 0.783 bits per heavy atom. The lowest BCUT2D eigenvalue weighted by Gasteiger charge is -2.11. The van der Waals surface area contributed by atoms with Crippen LogP contribution in [0.4, 0.5) is 5.95 Å². The Bertz CT molecular complexity index is 635. The zero-order valence-electron chi connectivity index (χ0n) is 14.6. The molecule has 2 rings (SSSR count). The van der Waals surface area contributed by atoms with E-state index in [4.69, 9.17) is 14.2 Å². The van der Waals surface area contributed by atoms with Gasteiger partial charge in [-0.3, -0.25) is 0 Å². The van der Waals surface area contributed by atoms with Gasteiger partial charge in [0.05, 0.1) is 21.3 Å². The van der Waals surface area contributed by atoms with Gasteiger partial charge in [0.2, 0.25) is 17.7 Å². The van der Waals surface area contributed by atoms with Crippen LogP contribution in [-0.4, -0.2) is 55.4 Å². The fourth-order valence-electron chi connectivity index (χ4n) is 1.56. The third-order valence-electron chi connectivity index (χ3n) is 2.78. The molecule has 0 spiro atoms. The molecule has 0 radical (unpaired) electrons. The van der Waals surface area contributed by atoms with Crippen molar-refractivity contribution in [1.82, 2.24) is 19.9 Å². The Hall–Kier alpha value is -2.64. The van der Waals surface area contributed by atoms with Crippen LogP contribution in [0.25, 0.3) is 0 Å². The fourth-order valence-corrected chi connectivity index (χ4v) is 1.56. The topological polar surface area (TPSA) is 82.5 Å². The zero-order valence-corrected chi connectivity index (χ0v) is 14.6. The van der Waals surface area contributed by atoms with Crippen LogP contribution in [0.1, 0.15) is 11.1 Å². The second-order valence-electron chi connectivity index (χ2n) is 4.81. The molecular weight excluding hydrogens is 298 g/mol. The molecule has 0 saturated heterocycles. The first-order valence-electron chi connectivity index (χ1n) is 6.89. The van der Waals surface area contributed by atoms with Crippen molar-refractivity contribution >= 4 is 5.95 Å². The summed E-state index contributed by atoms with van der Waals surface area (Å²) in [4.78, 5) is 18.0. The van der Waals surface area contributed by atoms with Gasteiger partial charge in [-0.2, -0.15) is 9.97 Å². The van der Waals surface area contributed by atoms with Crippen molar-refractivity contribution in [1.29, 1.82) is 0 Å². The number of hydrogen-bond donors (Lipinski definition) is 0. The SMILES string of the molecule is COc1nc(N(C)C)ncc1C.COc1ncc(C)c(OC)n1. The summed E-state index contributed by atoms with van der Waals surface area (Å²) >= 11 is 0. The molecule has 0 bridgehead atoms. The standard InChI is InChI=1S/C8H13N3O.C7H10N2O2/c1-6-5-9-8(11(2)3)10-7(6)12-4;1-5-4-8-7(11-3)9-6(5)10-2/h5H,1-4H3;4H,1-3H3.